The van der Waals surface area contributed by atoms with Gasteiger partial charge in [-0.1, -0.05) is 13.8 Å². The van der Waals surface area contributed by atoms with Crippen molar-refractivity contribution in [1.29, 1.82) is 0 Å². The Bertz CT molecular complexity index is 382. The number of aliphatic hydroxyl groups is 1. The van der Waals surface area contributed by atoms with E-state index in [1.54, 1.807) is 0 Å². The van der Waals surface area contributed by atoms with Gasteiger partial charge in [-0.2, -0.15) is 0 Å². The van der Waals surface area contributed by atoms with E-state index in [1.165, 1.54) is 0 Å². The molecule has 0 radical (unpaired) electrons. The fraction of sp³-hybridized carbons (Fsp3) is 0.750. The van der Waals surface area contributed by atoms with Gasteiger partial charge in [0.05, 0.1) is 18.6 Å². The number of hydrogen-bond acceptors (Lipinski definition) is 4. The van der Waals surface area contributed by atoms with Crippen molar-refractivity contribution in [2.45, 2.75) is 39.1 Å². The standard InChI is InChI=1S/C12H16O4/c1-12(2)3-6(13)9-8(4-12)16-11-10(9)7(14)5-15-11/h7,10-11,14H,3-5H2,1-2H3/t7-,10+,11-/m1/s1. The second-order valence-corrected chi connectivity index (χ2v) is 5.69. The average molecular weight is 224 g/mol. The lowest BCUT2D eigenvalue weighted by Crippen LogP contribution is -2.30. The molecule has 0 spiro atoms. The van der Waals surface area contributed by atoms with E-state index < -0.39 is 12.4 Å². The van der Waals surface area contributed by atoms with E-state index in [-0.39, 0.29) is 23.7 Å². The maximum absolute atomic E-state index is 12.1. The molecule has 3 aliphatic rings. The van der Waals surface area contributed by atoms with Crippen molar-refractivity contribution in [1.82, 2.24) is 0 Å². The highest BCUT2D eigenvalue weighted by Gasteiger charge is 2.52. The molecular weight excluding hydrogens is 208 g/mol. The van der Waals surface area contributed by atoms with Gasteiger partial charge in [-0.05, 0) is 5.41 Å². The quantitative estimate of drug-likeness (QED) is 0.666. The number of rotatable bonds is 0. The molecule has 88 valence electrons. The molecule has 4 nitrogen and oxygen atoms in total. The van der Waals surface area contributed by atoms with Crippen LogP contribution in [0.1, 0.15) is 26.7 Å². The van der Waals surface area contributed by atoms with Crippen molar-refractivity contribution < 1.29 is 19.4 Å². The lowest BCUT2D eigenvalue weighted by molar-refractivity contribution is -0.118. The Morgan fingerprint density at radius 2 is 2.12 bits per heavy atom. The summed E-state index contributed by atoms with van der Waals surface area (Å²) < 4.78 is 11.0. The van der Waals surface area contributed by atoms with Crippen molar-refractivity contribution in [2.75, 3.05) is 6.61 Å². The summed E-state index contributed by atoms with van der Waals surface area (Å²) in [6.07, 6.45) is 0.267. The van der Waals surface area contributed by atoms with Gasteiger partial charge in [0.2, 0.25) is 6.29 Å². The van der Waals surface area contributed by atoms with Crippen LogP contribution in [-0.4, -0.2) is 29.9 Å². The van der Waals surface area contributed by atoms with Crippen molar-refractivity contribution in [3.05, 3.63) is 11.3 Å². The van der Waals surface area contributed by atoms with Crippen LogP contribution < -0.4 is 0 Å². The summed E-state index contributed by atoms with van der Waals surface area (Å²) in [6.45, 7) is 4.38. The monoisotopic (exact) mass is 224 g/mol. The molecule has 1 fully saturated rings. The van der Waals surface area contributed by atoms with Crippen LogP contribution in [0.5, 0.6) is 0 Å². The molecule has 1 aliphatic carbocycles. The highest BCUT2D eigenvalue weighted by Crippen LogP contribution is 2.48. The van der Waals surface area contributed by atoms with Gasteiger partial charge >= 0.3 is 0 Å². The maximum Gasteiger partial charge on any atom is 0.209 e. The molecular formula is C12H16O4. The Morgan fingerprint density at radius 3 is 2.88 bits per heavy atom. The van der Waals surface area contributed by atoms with Crippen molar-refractivity contribution in [3.63, 3.8) is 0 Å². The van der Waals surface area contributed by atoms with Crippen LogP contribution in [0, 0.1) is 11.3 Å². The number of fused-ring (bicyclic) bond motifs is 2. The molecule has 3 atom stereocenters. The van der Waals surface area contributed by atoms with Crippen LogP contribution in [0.15, 0.2) is 11.3 Å². The van der Waals surface area contributed by atoms with E-state index in [1.807, 2.05) is 0 Å². The van der Waals surface area contributed by atoms with Crippen LogP contribution in [0.2, 0.25) is 0 Å². The molecule has 0 aromatic heterocycles. The molecule has 0 saturated carbocycles. The zero-order chi connectivity index (χ0) is 11.5. The number of allylic oxidation sites excluding steroid dienone is 1. The number of hydrogen-bond donors (Lipinski definition) is 1. The third kappa shape index (κ3) is 1.33. The molecule has 0 aromatic rings. The minimum atomic E-state index is -0.595. The minimum absolute atomic E-state index is 0.0422. The molecule has 0 bridgehead atoms. The molecule has 2 heterocycles. The Hall–Kier alpha value is -0.870. The van der Waals surface area contributed by atoms with Gasteiger partial charge in [-0.25, -0.2) is 0 Å². The Balaban J connectivity index is 1.98. The highest BCUT2D eigenvalue weighted by molar-refractivity contribution is 5.98. The molecule has 4 heteroatoms. The first kappa shape index (κ1) is 10.3. The average Bonchev–Trinajstić information content (AvgIpc) is 2.64. The number of ketones is 1. The highest BCUT2D eigenvalue weighted by atomic mass is 16.7. The Labute approximate surface area is 94.2 Å². The second kappa shape index (κ2) is 3.08. The van der Waals surface area contributed by atoms with Crippen molar-refractivity contribution in [2.24, 2.45) is 11.3 Å². The molecule has 16 heavy (non-hydrogen) atoms. The normalized spacial score (nSPS) is 40.7. The number of carbonyl (C=O) groups excluding carboxylic acids is 1. The van der Waals surface area contributed by atoms with E-state index in [0.717, 1.165) is 12.2 Å². The molecule has 2 aliphatic heterocycles. The van der Waals surface area contributed by atoms with E-state index >= 15 is 0 Å². The topological polar surface area (TPSA) is 55.8 Å². The van der Waals surface area contributed by atoms with E-state index in [9.17, 15) is 9.90 Å². The van der Waals surface area contributed by atoms with Gasteiger partial charge < -0.3 is 14.6 Å². The smallest absolute Gasteiger partial charge is 0.209 e. The van der Waals surface area contributed by atoms with Crippen LogP contribution in [0.25, 0.3) is 0 Å². The summed E-state index contributed by atoms with van der Waals surface area (Å²) in [5.41, 5.74) is 0.647. The molecule has 1 N–H and O–H groups in total. The number of Topliss-reactive ketones (excluding diaryl/α,β-unsaturated/α-hetero) is 1. The summed E-state index contributed by atoms with van der Waals surface area (Å²) in [5, 5.41) is 9.79. The van der Waals surface area contributed by atoms with Crippen LogP contribution in [0.4, 0.5) is 0 Å². The molecule has 0 unspecified atom stereocenters. The second-order valence-electron chi connectivity index (χ2n) is 5.69. The van der Waals surface area contributed by atoms with E-state index in [2.05, 4.69) is 13.8 Å². The predicted molar refractivity (Wildman–Crippen MR) is 55.4 cm³/mol. The number of ether oxygens (including phenoxy) is 2. The van der Waals surface area contributed by atoms with Crippen LogP contribution in [-0.2, 0) is 14.3 Å². The minimum Gasteiger partial charge on any atom is -0.468 e. The lowest BCUT2D eigenvalue weighted by atomic mass is 9.74. The zero-order valence-corrected chi connectivity index (χ0v) is 9.53. The van der Waals surface area contributed by atoms with Gasteiger partial charge in [0, 0.05) is 18.4 Å². The van der Waals surface area contributed by atoms with E-state index in [4.69, 9.17) is 9.47 Å². The molecule has 3 rings (SSSR count). The first-order chi connectivity index (χ1) is 7.48. The first-order valence-electron chi connectivity index (χ1n) is 5.70. The third-order valence-electron chi connectivity index (χ3n) is 3.61. The molecule has 0 aromatic carbocycles. The van der Waals surface area contributed by atoms with Crippen molar-refractivity contribution >= 4 is 5.78 Å². The summed E-state index contributed by atoms with van der Waals surface area (Å²) >= 11 is 0. The summed E-state index contributed by atoms with van der Waals surface area (Å²) in [5.74, 6) is 0.608. The van der Waals surface area contributed by atoms with Crippen LogP contribution in [0.3, 0.4) is 0 Å². The number of carbonyl (C=O) groups is 1. The summed E-state index contributed by atoms with van der Waals surface area (Å²) in [4.78, 5) is 12.1. The van der Waals surface area contributed by atoms with Gasteiger partial charge in [0.25, 0.3) is 0 Å². The van der Waals surface area contributed by atoms with Crippen LogP contribution >= 0.6 is 0 Å². The van der Waals surface area contributed by atoms with Gasteiger partial charge in [-0.3, -0.25) is 4.79 Å². The zero-order valence-electron chi connectivity index (χ0n) is 9.53. The molecule has 1 saturated heterocycles. The van der Waals surface area contributed by atoms with Gasteiger partial charge in [0.1, 0.15) is 5.76 Å². The first-order valence-corrected chi connectivity index (χ1v) is 5.70. The van der Waals surface area contributed by atoms with Gasteiger partial charge in [0.15, 0.2) is 5.78 Å². The van der Waals surface area contributed by atoms with E-state index in [0.29, 0.717) is 12.0 Å². The summed E-state index contributed by atoms with van der Waals surface area (Å²) in [7, 11) is 0. The van der Waals surface area contributed by atoms with Crippen molar-refractivity contribution in [3.8, 4) is 0 Å². The SMILES string of the molecule is CC1(C)CC(=O)C2=C(C1)O[C@H]1OC[C@@H](O)[C@@H]21. The fourth-order valence-electron chi connectivity index (χ4n) is 2.91. The maximum atomic E-state index is 12.1. The third-order valence-corrected chi connectivity index (χ3v) is 3.61. The fourth-order valence-corrected chi connectivity index (χ4v) is 2.91. The number of aliphatic hydroxyl groups excluding tert-OH is 1. The lowest BCUT2D eigenvalue weighted by Gasteiger charge is -2.29. The largest absolute Gasteiger partial charge is 0.468 e. The molecule has 0 amide bonds. The van der Waals surface area contributed by atoms with Gasteiger partial charge in [-0.15, -0.1) is 0 Å². The Morgan fingerprint density at radius 1 is 1.38 bits per heavy atom. The predicted octanol–water partition coefficient (Wildman–Crippen LogP) is 0.993. The Kier molecular flexibility index (Phi) is 1.98. The summed E-state index contributed by atoms with van der Waals surface area (Å²) in [6, 6.07) is 0.